The van der Waals surface area contributed by atoms with Gasteiger partial charge in [0.15, 0.2) is 12.4 Å². The molecule has 0 bridgehead atoms. The lowest BCUT2D eigenvalue weighted by molar-refractivity contribution is -0.153. The number of alkyl halides is 3. The van der Waals surface area contributed by atoms with Gasteiger partial charge in [-0.2, -0.15) is 13.2 Å². The number of aliphatic hydroxyl groups is 1. The Hall–Kier alpha value is -3.79. The highest BCUT2D eigenvalue weighted by molar-refractivity contribution is 6.08. The number of aliphatic hydroxyl groups excluding tert-OH is 1. The highest BCUT2D eigenvalue weighted by atomic mass is 19.4. The first-order valence-electron chi connectivity index (χ1n) is 9.99. The van der Waals surface area contributed by atoms with E-state index in [1.54, 1.807) is 35.4 Å². The molecule has 1 aromatic heterocycles. The van der Waals surface area contributed by atoms with Crippen LogP contribution >= 0.6 is 0 Å². The van der Waals surface area contributed by atoms with Gasteiger partial charge in [0, 0.05) is 25.9 Å². The monoisotopic (exact) mass is 459 g/mol. The average molecular weight is 459 g/mol. The largest absolute Gasteiger partial charge is 0.484 e. The summed E-state index contributed by atoms with van der Waals surface area (Å²) in [7, 11) is 1.81. The molecule has 0 unspecified atom stereocenters. The van der Waals surface area contributed by atoms with Crippen LogP contribution in [0.4, 0.5) is 24.7 Å². The number of rotatable bonds is 6. The molecular weight excluding hydrogens is 439 g/mol. The number of amides is 1. The molecule has 1 aliphatic heterocycles. The number of hydrogen-bond acceptors (Lipinski definition) is 6. The van der Waals surface area contributed by atoms with E-state index in [2.05, 4.69) is 10.3 Å². The van der Waals surface area contributed by atoms with Crippen LogP contribution in [0.5, 0.6) is 17.2 Å². The number of halogens is 3. The zero-order chi connectivity index (χ0) is 23.6. The molecule has 4 rings (SSSR count). The molecule has 33 heavy (non-hydrogen) atoms. The molecule has 7 nitrogen and oxygen atoms in total. The summed E-state index contributed by atoms with van der Waals surface area (Å²) >= 11 is 0. The number of anilines is 2. The molecular formula is C23H20F3N3O4. The first-order chi connectivity index (χ1) is 15.7. The maximum atomic E-state index is 12.9. The number of fused-ring (bicyclic) bond motifs is 2. The predicted octanol–water partition coefficient (Wildman–Crippen LogP) is 4.48. The van der Waals surface area contributed by atoms with Crippen molar-refractivity contribution in [1.29, 1.82) is 0 Å². The lowest BCUT2D eigenvalue weighted by atomic mass is 10.0. The molecule has 0 saturated carbocycles. The topological polar surface area (TPSA) is 83.9 Å². The Morgan fingerprint density at radius 2 is 1.85 bits per heavy atom. The van der Waals surface area contributed by atoms with Gasteiger partial charge in [-0.05, 0) is 47.5 Å². The standard InChI is InChI=1S/C23H20F3N3O4/c1-29(8-9-30)21-11-15(6-7-27-21)14-2-4-19-17(10-14)22(31)28-18-12-16(3-5-20(18)33-19)32-13-23(24,25)26/h2-7,10-12,30H,8-9,13H2,1H3,(H,28,31). The van der Waals surface area contributed by atoms with Gasteiger partial charge in [-0.1, -0.05) is 6.07 Å². The fourth-order valence-electron chi connectivity index (χ4n) is 3.31. The maximum absolute atomic E-state index is 12.9. The Labute approximate surface area is 187 Å². The van der Waals surface area contributed by atoms with E-state index < -0.39 is 18.7 Å². The first kappa shape index (κ1) is 22.4. The molecule has 2 heterocycles. The summed E-state index contributed by atoms with van der Waals surface area (Å²) in [5, 5.41) is 11.8. The van der Waals surface area contributed by atoms with Gasteiger partial charge in [-0.3, -0.25) is 4.79 Å². The van der Waals surface area contributed by atoms with E-state index in [0.29, 0.717) is 18.1 Å². The van der Waals surface area contributed by atoms with Crippen LogP contribution in [-0.4, -0.2) is 49.0 Å². The van der Waals surface area contributed by atoms with Crippen molar-refractivity contribution in [3.63, 3.8) is 0 Å². The minimum atomic E-state index is -4.47. The third-order valence-corrected chi connectivity index (χ3v) is 4.95. The summed E-state index contributed by atoms with van der Waals surface area (Å²) < 4.78 is 47.9. The number of pyridine rings is 1. The number of hydrogen-bond donors (Lipinski definition) is 2. The second kappa shape index (κ2) is 8.99. The van der Waals surface area contributed by atoms with Crippen molar-refractivity contribution in [2.75, 3.05) is 37.0 Å². The van der Waals surface area contributed by atoms with Crippen LogP contribution in [0.15, 0.2) is 54.7 Å². The van der Waals surface area contributed by atoms with Gasteiger partial charge in [0.2, 0.25) is 0 Å². The van der Waals surface area contributed by atoms with E-state index in [1.165, 1.54) is 18.2 Å². The van der Waals surface area contributed by atoms with Gasteiger partial charge in [0.25, 0.3) is 5.91 Å². The van der Waals surface area contributed by atoms with Crippen molar-refractivity contribution >= 4 is 17.4 Å². The van der Waals surface area contributed by atoms with E-state index in [1.807, 2.05) is 13.1 Å². The molecule has 1 amide bonds. The van der Waals surface area contributed by atoms with E-state index in [0.717, 1.165) is 11.1 Å². The normalized spacial score (nSPS) is 12.7. The Balaban J connectivity index is 1.61. The van der Waals surface area contributed by atoms with Crippen molar-refractivity contribution in [3.05, 3.63) is 60.3 Å². The number of carbonyl (C=O) groups is 1. The lowest BCUT2D eigenvalue weighted by Crippen LogP contribution is -2.22. The number of likely N-dealkylation sites (N-methyl/N-ethyl adjacent to an activating group) is 1. The summed E-state index contributed by atoms with van der Waals surface area (Å²) in [6.45, 7) is -1.03. The van der Waals surface area contributed by atoms with Crippen LogP contribution in [0.2, 0.25) is 0 Å². The third-order valence-electron chi connectivity index (χ3n) is 4.95. The van der Waals surface area contributed by atoms with Crippen molar-refractivity contribution in [1.82, 2.24) is 4.98 Å². The Morgan fingerprint density at radius 3 is 2.61 bits per heavy atom. The number of aromatic nitrogens is 1. The number of nitrogens with one attached hydrogen (secondary N) is 1. The molecule has 0 atom stereocenters. The highest BCUT2D eigenvalue weighted by Gasteiger charge is 2.29. The maximum Gasteiger partial charge on any atom is 0.422 e. The van der Waals surface area contributed by atoms with Crippen LogP contribution in [0.3, 0.4) is 0 Å². The van der Waals surface area contributed by atoms with Crippen LogP contribution in [0.1, 0.15) is 10.4 Å². The molecule has 0 spiro atoms. The van der Waals surface area contributed by atoms with Gasteiger partial charge >= 0.3 is 6.18 Å². The molecule has 2 N–H and O–H groups in total. The SMILES string of the molecule is CN(CCO)c1cc(-c2ccc3c(c2)C(=O)Nc2cc(OCC(F)(F)F)ccc2O3)ccn1. The number of ether oxygens (including phenoxy) is 2. The second-order valence-electron chi connectivity index (χ2n) is 7.38. The molecule has 0 fully saturated rings. The number of benzene rings is 2. The fraction of sp³-hybridized carbons (Fsp3) is 0.217. The molecule has 1 aliphatic rings. The molecule has 0 radical (unpaired) electrons. The zero-order valence-corrected chi connectivity index (χ0v) is 17.5. The van der Waals surface area contributed by atoms with Crippen molar-refractivity contribution in [2.45, 2.75) is 6.18 Å². The predicted molar refractivity (Wildman–Crippen MR) is 116 cm³/mol. The van der Waals surface area contributed by atoms with Crippen LogP contribution in [-0.2, 0) is 0 Å². The molecule has 3 aromatic rings. The van der Waals surface area contributed by atoms with Crippen molar-refractivity contribution < 1.29 is 32.5 Å². The number of carbonyl (C=O) groups excluding carboxylic acids is 1. The molecule has 0 saturated heterocycles. The van der Waals surface area contributed by atoms with E-state index in [-0.39, 0.29) is 29.4 Å². The summed E-state index contributed by atoms with van der Waals surface area (Å²) in [5.41, 5.74) is 2.02. The van der Waals surface area contributed by atoms with Gasteiger partial charge in [0.05, 0.1) is 17.9 Å². The molecule has 10 heteroatoms. The van der Waals surface area contributed by atoms with E-state index in [9.17, 15) is 18.0 Å². The van der Waals surface area contributed by atoms with E-state index >= 15 is 0 Å². The van der Waals surface area contributed by atoms with Gasteiger partial charge < -0.3 is 24.8 Å². The summed E-state index contributed by atoms with van der Waals surface area (Å²) in [6, 6.07) is 12.8. The van der Waals surface area contributed by atoms with Crippen LogP contribution in [0.25, 0.3) is 11.1 Å². The second-order valence-corrected chi connectivity index (χ2v) is 7.38. The fourth-order valence-corrected chi connectivity index (χ4v) is 3.31. The van der Waals surface area contributed by atoms with E-state index in [4.69, 9.17) is 14.6 Å². The van der Waals surface area contributed by atoms with Crippen molar-refractivity contribution in [3.8, 4) is 28.4 Å². The smallest absolute Gasteiger partial charge is 0.422 e. The Morgan fingerprint density at radius 1 is 1.09 bits per heavy atom. The quantitative estimate of drug-likeness (QED) is 0.566. The van der Waals surface area contributed by atoms with Gasteiger partial charge in [-0.15, -0.1) is 0 Å². The average Bonchev–Trinajstić information content (AvgIpc) is 2.92. The Bertz CT molecular complexity index is 1180. The highest BCUT2D eigenvalue weighted by Crippen LogP contribution is 2.39. The summed E-state index contributed by atoms with van der Waals surface area (Å²) in [6.07, 6.45) is -2.84. The minimum absolute atomic E-state index is 0.0116. The molecule has 2 aromatic carbocycles. The van der Waals surface area contributed by atoms with Gasteiger partial charge in [-0.25, -0.2) is 4.98 Å². The minimum Gasteiger partial charge on any atom is -0.484 e. The van der Waals surface area contributed by atoms with Gasteiger partial charge in [0.1, 0.15) is 17.3 Å². The number of nitrogens with zero attached hydrogens (tertiary/aromatic N) is 2. The molecule has 0 aliphatic carbocycles. The Kier molecular flexibility index (Phi) is 6.10. The summed E-state index contributed by atoms with van der Waals surface area (Å²) in [5.74, 6) is 0.746. The lowest BCUT2D eigenvalue weighted by Gasteiger charge is -2.17. The van der Waals surface area contributed by atoms with Crippen LogP contribution in [0, 0.1) is 0 Å². The molecule has 172 valence electrons. The third kappa shape index (κ3) is 5.17. The van der Waals surface area contributed by atoms with Crippen molar-refractivity contribution in [2.24, 2.45) is 0 Å². The summed E-state index contributed by atoms with van der Waals surface area (Å²) in [4.78, 5) is 19.0. The zero-order valence-electron chi connectivity index (χ0n) is 17.5. The van der Waals surface area contributed by atoms with Crippen LogP contribution < -0.4 is 19.7 Å². The first-order valence-corrected chi connectivity index (χ1v) is 9.99.